The average Bonchev–Trinajstić information content (AvgIpc) is 1.98. The maximum atomic E-state index is 10.8. The minimum Gasteiger partial charge on any atom is -0.330 e. The van der Waals surface area contributed by atoms with Crippen LogP contribution in [0.25, 0.3) is 0 Å². The number of likely N-dealkylation sites (N-methyl/N-ethyl adjacent to an activating group) is 1. The number of likely N-dealkylation sites (tertiary alicyclic amines) is 1. The molecule has 0 aromatic heterocycles. The van der Waals surface area contributed by atoms with Gasteiger partial charge in [-0.05, 0) is 5.75 Å². The van der Waals surface area contributed by atoms with Crippen LogP contribution in [0.1, 0.15) is 6.92 Å². The second kappa shape index (κ2) is 2.80. The van der Waals surface area contributed by atoms with Gasteiger partial charge in [0.15, 0.2) is 0 Å². The van der Waals surface area contributed by atoms with Crippen LogP contribution in [-0.2, 0) is 4.79 Å². The van der Waals surface area contributed by atoms with E-state index in [1.165, 1.54) is 0 Å². The zero-order valence-electron chi connectivity index (χ0n) is 6.20. The molecule has 1 fully saturated rings. The molecule has 1 aliphatic rings. The zero-order valence-corrected chi connectivity index (χ0v) is 7.02. The number of hydrogen-bond donors (Lipinski definition) is 1. The first-order valence-corrected chi connectivity index (χ1v) is 4.37. The van der Waals surface area contributed by atoms with Gasteiger partial charge in [-0.1, -0.05) is 6.92 Å². The van der Waals surface area contributed by atoms with Crippen molar-refractivity contribution in [2.75, 3.05) is 12.8 Å². The van der Waals surface area contributed by atoms with E-state index in [2.05, 4.69) is 6.92 Å². The van der Waals surface area contributed by atoms with E-state index in [4.69, 9.17) is 5.73 Å². The Labute approximate surface area is 64.9 Å². The number of amides is 1. The molecular weight excluding hydrogens is 148 g/mol. The summed E-state index contributed by atoms with van der Waals surface area (Å²) in [6, 6.07) is -0.255. The lowest BCUT2D eigenvalue weighted by atomic mass is 10.1. The number of carbonyl (C=O) groups excluding carboxylic acids is 1. The molecule has 1 aliphatic heterocycles. The van der Waals surface area contributed by atoms with E-state index in [9.17, 15) is 4.79 Å². The first-order chi connectivity index (χ1) is 4.68. The van der Waals surface area contributed by atoms with Gasteiger partial charge in [0.2, 0.25) is 5.91 Å². The number of thioether (sulfide) groups is 1. The largest absolute Gasteiger partial charge is 0.330 e. The molecule has 1 saturated heterocycles. The Morgan fingerprint density at radius 3 is 2.80 bits per heavy atom. The van der Waals surface area contributed by atoms with Gasteiger partial charge in [-0.2, -0.15) is 0 Å². The number of nitrogens with zero attached hydrogens (tertiary/aromatic N) is 1. The molecule has 0 radical (unpaired) electrons. The number of carbonyl (C=O) groups is 1. The Kier molecular flexibility index (Phi) is 2.21. The van der Waals surface area contributed by atoms with Gasteiger partial charge in [-0.15, -0.1) is 11.8 Å². The summed E-state index contributed by atoms with van der Waals surface area (Å²) in [5.74, 6) is 1.07. The maximum Gasteiger partial charge on any atom is 0.243 e. The van der Waals surface area contributed by atoms with E-state index in [0.29, 0.717) is 0 Å². The maximum absolute atomic E-state index is 10.8. The molecule has 1 heterocycles. The van der Waals surface area contributed by atoms with Crippen LogP contribution in [0.4, 0.5) is 0 Å². The minimum atomic E-state index is -0.255. The number of β-lactam (4-membered cyclic amide) rings is 1. The molecule has 3 nitrogen and oxygen atoms in total. The molecule has 2 N–H and O–H groups in total. The molecule has 0 saturated carbocycles. The normalized spacial score (nSPS) is 32.3. The number of nitrogens with two attached hydrogens (primary N) is 1. The molecular formula is C6H12N2OS. The molecule has 4 heteroatoms. The topological polar surface area (TPSA) is 46.3 Å². The van der Waals surface area contributed by atoms with Crippen molar-refractivity contribution in [2.45, 2.75) is 18.3 Å². The molecule has 0 unspecified atom stereocenters. The first-order valence-electron chi connectivity index (χ1n) is 3.32. The van der Waals surface area contributed by atoms with Crippen molar-refractivity contribution >= 4 is 17.7 Å². The van der Waals surface area contributed by atoms with Crippen molar-refractivity contribution in [1.29, 1.82) is 0 Å². The predicted molar refractivity (Wildman–Crippen MR) is 42.7 cm³/mol. The van der Waals surface area contributed by atoms with Crippen LogP contribution < -0.4 is 5.73 Å². The van der Waals surface area contributed by atoms with Crippen molar-refractivity contribution in [2.24, 2.45) is 5.73 Å². The second-order valence-electron chi connectivity index (χ2n) is 2.32. The zero-order chi connectivity index (χ0) is 7.72. The van der Waals surface area contributed by atoms with Gasteiger partial charge < -0.3 is 10.6 Å². The third kappa shape index (κ3) is 1.01. The van der Waals surface area contributed by atoms with Gasteiger partial charge >= 0.3 is 0 Å². The van der Waals surface area contributed by atoms with Crippen LogP contribution in [-0.4, -0.2) is 35.0 Å². The fourth-order valence-corrected chi connectivity index (χ4v) is 2.02. The van der Waals surface area contributed by atoms with E-state index in [1.54, 1.807) is 23.7 Å². The second-order valence-corrected chi connectivity index (χ2v) is 3.71. The summed E-state index contributed by atoms with van der Waals surface area (Å²) in [6.45, 7) is 2.06. The summed E-state index contributed by atoms with van der Waals surface area (Å²) in [7, 11) is 1.79. The molecule has 58 valence electrons. The molecule has 10 heavy (non-hydrogen) atoms. The number of hydrogen-bond acceptors (Lipinski definition) is 3. The SMILES string of the molecule is CCS[C@@H]1[C@H](N)C(=O)N1C. The monoisotopic (exact) mass is 160 g/mol. The Hall–Kier alpha value is -0.220. The standard InChI is InChI=1S/C6H12N2OS/c1-3-10-6-4(7)5(9)8(6)2/h4,6H,3,7H2,1-2H3/t4-,6-/m1/s1. The van der Waals surface area contributed by atoms with Crippen LogP contribution >= 0.6 is 11.8 Å². The van der Waals surface area contributed by atoms with E-state index in [1.807, 2.05) is 0 Å². The van der Waals surface area contributed by atoms with Crippen molar-refractivity contribution in [3.05, 3.63) is 0 Å². The summed E-state index contributed by atoms with van der Waals surface area (Å²) in [5.41, 5.74) is 5.53. The van der Waals surface area contributed by atoms with Crippen LogP contribution in [0.15, 0.2) is 0 Å². The lowest BCUT2D eigenvalue weighted by molar-refractivity contribution is -0.141. The van der Waals surface area contributed by atoms with Gasteiger partial charge in [0.05, 0.1) is 0 Å². The van der Waals surface area contributed by atoms with Crippen LogP contribution in [0.5, 0.6) is 0 Å². The van der Waals surface area contributed by atoms with E-state index >= 15 is 0 Å². The molecule has 0 aromatic rings. The van der Waals surface area contributed by atoms with Crippen molar-refractivity contribution in [1.82, 2.24) is 4.90 Å². The molecule has 1 amide bonds. The smallest absolute Gasteiger partial charge is 0.243 e. The molecule has 0 aromatic carbocycles. The summed E-state index contributed by atoms with van der Waals surface area (Å²) in [5, 5.41) is 0.220. The molecule has 0 spiro atoms. The highest BCUT2D eigenvalue weighted by atomic mass is 32.2. The third-order valence-corrected chi connectivity index (χ3v) is 2.94. The Bertz CT molecular complexity index is 139. The molecule has 0 bridgehead atoms. The van der Waals surface area contributed by atoms with Gasteiger partial charge in [-0.25, -0.2) is 0 Å². The average molecular weight is 160 g/mol. The lowest BCUT2D eigenvalue weighted by Gasteiger charge is -2.42. The summed E-state index contributed by atoms with van der Waals surface area (Å²) in [6.07, 6.45) is 0. The van der Waals surface area contributed by atoms with Gasteiger partial charge in [0.25, 0.3) is 0 Å². The van der Waals surface area contributed by atoms with Crippen molar-refractivity contribution in [3.8, 4) is 0 Å². The quantitative estimate of drug-likeness (QED) is 0.572. The summed E-state index contributed by atoms with van der Waals surface area (Å²) in [4.78, 5) is 12.5. The highest BCUT2D eigenvalue weighted by molar-refractivity contribution is 8.00. The summed E-state index contributed by atoms with van der Waals surface area (Å²) >= 11 is 1.72. The Morgan fingerprint density at radius 2 is 2.40 bits per heavy atom. The number of rotatable bonds is 2. The first kappa shape index (κ1) is 7.88. The fraction of sp³-hybridized carbons (Fsp3) is 0.833. The fourth-order valence-electron chi connectivity index (χ4n) is 1.03. The lowest BCUT2D eigenvalue weighted by Crippen LogP contribution is -2.65. The van der Waals surface area contributed by atoms with Crippen LogP contribution in [0.3, 0.4) is 0 Å². The Balaban J connectivity index is 2.41. The predicted octanol–water partition coefficient (Wildman–Crippen LogP) is -0.135. The van der Waals surface area contributed by atoms with Gasteiger partial charge in [-0.3, -0.25) is 4.79 Å². The third-order valence-electron chi connectivity index (χ3n) is 1.66. The highest BCUT2D eigenvalue weighted by Gasteiger charge is 2.41. The van der Waals surface area contributed by atoms with Crippen molar-refractivity contribution in [3.63, 3.8) is 0 Å². The van der Waals surface area contributed by atoms with E-state index in [-0.39, 0.29) is 17.3 Å². The molecule has 1 rings (SSSR count). The van der Waals surface area contributed by atoms with E-state index in [0.717, 1.165) is 5.75 Å². The molecule has 2 atom stereocenters. The van der Waals surface area contributed by atoms with Gasteiger partial charge in [0, 0.05) is 7.05 Å². The summed E-state index contributed by atoms with van der Waals surface area (Å²) < 4.78 is 0. The van der Waals surface area contributed by atoms with Crippen LogP contribution in [0, 0.1) is 0 Å². The minimum absolute atomic E-state index is 0.0611. The van der Waals surface area contributed by atoms with Gasteiger partial charge in [0.1, 0.15) is 11.4 Å². The Morgan fingerprint density at radius 1 is 1.80 bits per heavy atom. The van der Waals surface area contributed by atoms with E-state index < -0.39 is 0 Å². The van der Waals surface area contributed by atoms with Crippen molar-refractivity contribution < 1.29 is 4.79 Å². The molecule has 0 aliphatic carbocycles. The van der Waals surface area contributed by atoms with Crippen LogP contribution in [0.2, 0.25) is 0 Å². The highest BCUT2D eigenvalue weighted by Crippen LogP contribution is 2.26.